The van der Waals surface area contributed by atoms with Gasteiger partial charge in [-0.15, -0.1) is 0 Å². The zero-order chi connectivity index (χ0) is 16.3. The number of allylic oxidation sites excluding steroid dienone is 2. The molecule has 0 saturated heterocycles. The van der Waals surface area contributed by atoms with Crippen LogP contribution in [0.3, 0.4) is 0 Å². The van der Waals surface area contributed by atoms with Crippen molar-refractivity contribution in [3.05, 3.63) is 36.4 Å². The smallest absolute Gasteiger partial charge is 0.453 e. The van der Waals surface area contributed by atoms with Gasteiger partial charge < -0.3 is 4.74 Å². The topological polar surface area (TPSA) is 39.2 Å². The van der Waals surface area contributed by atoms with Gasteiger partial charge in [-0.3, -0.25) is 9.78 Å². The molecule has 0 unspecified atom stereocenters. The summed E-state index contributed by atoms with van der Waals surface area (Å²) < 4.78 is 92.9. The highest BCUT2D eigenvalue weighted by atomic mass is 19.4. The molecule has 0 atom stereocenters. The van der Waals surface area contributed by atoms with Crippen molar-refractivity contribution in [2.45, 2.75) is 18.0 Å². The standard InChI is InChI=1S/C11H6F7NO2/c12-9(13,10(14,15)11(16,17)18)8(3-5-20)21-7-2-1-4-19-6-7/h1-6H/b8-3-. The molecule has 1 heterocycles. The Labute approximate surface area is 113 Å². The van der Waals surface area contributed by atoms with Crippen molar-refractivity contribution in [1.82, 2.24) is 4.98 Å². The van der Waals surface area contributed by atoms with E-state index in [1.165, 1.54) is 6.20 Å². The van der Waals surface area contributed by atoms with Crippen molar-refractivity contribution in [2.75, 3.05) is 0 Å². The molecule has 1 rings (SSSR count). The molecule has 10 heteroatoms. The largest absolute Gasteiger partial charge is 0.460 e. The van der Waals surface area contributed by atoms with E-state index in [2.05, 4.69) is 9.72 Å². The predicted octanol–water partition coefficient (Wildman–Crippen LogP) is 3.38. The minimum absolute atomic E-state index is 0.216. The molecule has 21 heavy (non-hydrogen) atoms. The Bertz CT molecular complexity index is 525. The summed E-state index contributed by atoms with van der Waals surface area (Å²) in [6.45, 7) is 0. The molecule has 0 radical (unpaired) electrons. The van der Waals surface area contributed by atoms with Crippen molar-refractivity contribution >= 4 is 6.29 Å². The van der Waals surface area contributed by atoms with Gasteiger partial charge in [0.25, 0.3) is 0 Å². The summed E-state index contributed by atoms with van der Waals surface area (Å²) in [5.74, 6) is -14.9. The minimum atomic E-state index is -6.53. The lowest BCUT2D eigenvalue weighted by atomic mass is 10.1. The van der Waals surface area contributed by atoms with Crippen molar-refractivity contribution in [1.29, 1.82) is 0 Å². The van der Waals surface area contributed by atoms with Crippen LogP contribution in [0.15, 0.2) is 36.4 Å². The molecule has 0 aliphatic heterocycles. The van der Waals surface area contributed by atoms with E-state index in [0.29, 0.717) is 0 Å². The lowest BCUT2D eigenvalue weighted by Crippen LogP contribution is -2.53. The molecular weight excluding hydrogens is 311 g/mol. The number of ether oxygens (including phenoxy) is 1. The first-order valence-corrected chi connectivity index (χ1v) is 5.10. The van der Waals surface area contributed by atoms with Crippen molar-refractivity contribution in [2.24, 2.45) is 0 Å². The molecule has 1 aromatic rings. The Kier molecular flexibility index (Phi) is 4.59. The molecule has 1 aromatic heterocycles. The summed E-state index contributed by atoms with van der Waals surface area (Å²) in [7, 11) is 0. The van der Waals surface area contributed by atoms with Gasteiger partial charge in [-0.2, -0.15) is 30.7 Å². The van der Waals surface area contributed by atoms with E-state index in [1.807, 2.05) is 0 Å². The van der Waals surface area contributed by atoms with E-state index >= 15 is 0 Å². The lowest BCUT2D eigenvalue weighted by Gasteiger charge is -2.29. The molecule has 0 saturated carbocycles. The van der Waals surface area contributed by atoms with Gasteiger partial charge in [0.15, 0.2) is 5.76 Å². The number of hydrogen-bond acceptors (Lipinski definition) is 3. The molecule has 0 aromatic carbocycles. The summed E-state index contributed by atoms with van der Waals surface area (Å²) >= 11 is 0. The molecular formula is C11H6F7NO2. The van der Waals surface area contributed by atoms with Crippen molar-refractivity contribution in [3.63, 3.8) is 0 Å². The number of alkyl halides is 7. The summed E-state index contributed by atoms with van der Waals surface area (Å²) in [6.07, 6.45) is -5.17. The van der Waals surface area contributed by atoms with Crippen LogP contribution >= 0.6 is 0 Å². The van der Waals surface area contributed by atoms with Crippen molar-refractivity contribution in [3.8, 4) is 5.75 Å². The normalized spacial score (nSPS) is 14.0. The molecule has 116 valence electrons. The maximum Gasteiger partial charge on any atom is 0.460 e. The van der Waals surface area contributed by atoms with E-state index in [4.69, 9.17) is 0 Å². The first-order valence-electron chi connectivity index (χ1n) is 5.10. The first kappa shape index (κ1) is 16.9. The molecule has 0 bridgehead atoms. The van der Waals surface area contributed by atoms with Crippen LogP contribution in [0.2, 0.25) is 0 Å². The number of pyridine rings is 1. The number of aromatic nitrogens is 1. The SMILES string of the molecule is O=C/C=C(\Oc1cccnc1)C(F)(F)C(F)(F)C(F)(F)F. The Morgan fingerprint density at radius 2 is 1.76 bits per heavy atom. The quantitative estimate of drug-likeness (QED) is 0.362. The van der Waals surface area contributed by atoms with Crippen LogP contribution in [-0.4, -0.2) is 29.3 Å². The van der Waals surface area contributed by atoms with Gasteiger partial charge in [-0.1, -0.05) is 0 Å². The predicted molar refractivity (Wildman–Crippen MR) is 55.0 cm³/mol. The number of aldehydes is 1. The number of nitrogens with zero attached hydrogens (tertiary/aromatic N) is 1. The third kappa shape index (κ3) is 3.31. The van der Waals surface area contributed by atoms with Crippen LogP contribution in [0.25, 0.3) is 0 Å². The third-order valence-electron chi connectivity index (χ3n) is 2.14. The monoisotopic (exact) mass is 317 g/mol. The average Bonchev–Trinajstić information content (AvgIpc) is 2.38. The molecule has 3 nitrogen and oxygen atoms in total. The van der Waals surface area contributed by atoms with E-state index in [1.54, 1.807) is 0 Å². The van der Waals surface area contributed by atoms with Gasteiger partial charge in [0, 0.05) is 12.3 Å². The van der Waals surface area contributed by atoms with E-state index in [9.17, 15) is 35.5 Å². The fourth-order valence-corrected chi connectivity index (χ4v) is 1.13. The first-order chi connectivity index (χ1) is 9.54. The maximum atomic E-state index is 13.4. The average molecular weight is 317 g/mol. The number of carbonyl (C=O) groups excluding carboxylic acids is 1. The number of rotatable bonds is 5. The second kappa shape index (κ2) is 5.70. The number of halogens is 7. The molecule has 0 fully saturated rings. The summed E-state index contributed by atoms with van der Waals surface area (Å²) in [6, 6.07) is 2.14. The number of hydrogen-bond donors (Lipinski definition) is 0. The van der Waals surface area contributed by atoms with Crippen LogP contribution in [0.5, 0.6) is 5.75 Å². The van der Waals surface area contributed by atoms with E-state index in [0.717, 1.165) is 18.3 Å². The summed E-state index contributed by atoms with van der Waals surface area (Å²) in [4.78, 5) is 13.6. The Morgan fingerprint density at radius 3 is 2.19 bits per heavy atom. The second-order valence-corrected chi connectivity index (χ2v) is 3.60. The zero-order valence-corrected chi connectivity index (χ0v) is 9.87. The molecule has 0 aliphatic carbocycles. The molecule has 0 N–H and O–H groups in total. The highest BCUT2D eigenvalue weighted by Gasteiger charge is 2.75. The fourth-order valence-electron chi connectivity index (χ4n) is 1.13. The van der Waals surface area contributed by atoms with Crippen LogP contribution in [0, 0.1) is 0 Å². The summed E-state index contributed by atoms with van der Waals surface area (Å²) in [5, 5.41) is 0. The lowest BCUT2D eigenvalue weighted by molar-refractivity contribution is -0.348. The maximum absolute atomic E-state index is 13.4. The van der Waals surface area contributed by atoms with Crippen LogP contribution in [0.1, 0.15) is 0 Å². The molecule has 0 aliphatic rings. The minimum Gasteiger partial charge on any atom is -0.453 e. The van der Waals surface area contributed by atoms with Crippen LogP contribution in [-0.2, 0) is 4.79 Å². The highest BCUT2D eigenvalue weighted by Crippen LogP contribution is 2.49. The van der Waals surface area contributed by atoms with Gasteiger partial charge in [0.1, 0.15) is 12.0 Å². The fraction of sp³-hybridized carbons (Fsp3) is 0.273. The van der Waals surface area contributed by atoms with E-state index < -0.39 is 35.8 Å². The van der Waals surface area contributed by atoms with Gasteiger partial charge in [-0.05, 0) is 12.1 Å². The van der Waals surface area contributed by atoms with E-state index in [-0.39, 0.29) is 6.08 Å². The number of carbonyl (C=O) groups is 1. The Balaban J connectivity index is 3.22. The van der Waals surface area contributed by atoms with Gasteiger partial charge in [-0.25, -0.2) is 0 Å². The Morgan fingerprint density at radius 1 is 1.14 bits per heavy atom. The third-order valence-corrected chi connectivity index (χ3v) is 2.14. The summed E-state index contributed by atoms with van der Waals surface area (Å²) in [5.41, 5.74) is 0. The van der Waals surface area contributed by atoms with Crippen LogP contribution < -0.4 is 4.74 Å². The van der Waals surface area contributed by atoms with Gasteiger partial charge in [0.2, 0.25) is 0 Å². The van der Waals surface area contributed by atoms with Crippen molar-refractivity contribution < 1.29 is 40.3 Å². The zero-order valence-electron chi connectivity index (χ0n) is 9.87. The highest BCUT2D eigenvalue weighted by molar-refractivity contribution is 5.66. The van der Waals surface area contributed by atoms with Crippen LogP contribution in [0.4, 0.5) is 30.7 Å². The molecule has 0 amide bonds. The van der Waals surface area contributed by atoms with Gasteiger partial charge in [0.05, 0.1) is 6.20 Å². The van der Waals surface area contributed by atoms with Gasteiger partial charge >= 0.3 is 18.0 Å². The Hall–Kier alpha value is -2.13. The second-order valence-electron chi connectivity index (χ2n) is 3.60. The molecule has 0 spiro atoms.